The summed E-state index contributed by atoms with van der Waals surface area (Å²) in [5.74, 6) is 0.407. The summed E-state index contributed by atoms with van der Waals surface area (Å²) < 4.78 is 4.52. The summed E-state index contributed by atoms with van der Waals surface area (Å²) >= 11 is 0. The molecule has 50 valence electrons. The molecule has 0 saturated heterocycles. The van der Waals surface area contributed by atoms with E-state index in [0.29, 0.717) is 5.92 Å². The lowest BCUT2D eigenvalue weighted by Gasteiger charge is -1.92. The van der Waals surface area contributed by atoms with E-state index in [1.807, 2.05) is 6.08 Å². The van der Waals surface area contributed by atoms with Crippen LogP contribution in [0.25, 0.3) is 0 Å². The number of ether oxygens (including phenoxy) is 1. The van der Waals surface area contributed by atoms with Crippen LogP contribution in [0.4, 0.5) is 0 Å². The zero-order valence-electron chi connectivity index (χ0n) is 5.46. The maximum atomic E-state index is 10.7. The first-order valence-corrected chi connectivity index (χ1v) is 3.00. The number of allylic oxidation sites excluding steroid dienone is 1. The van der Waals surface area contributed by atoms with Gasteiger partial charge in [0.1, 0.15) is 0 Å². The Kier molecular flexibility index (Phi) is 1.56. The number of methoxy groups -OCH3 is 1. The molecular formula is C7H10O2. The lowest BCUT2D eigenvalue weighted by molar-refractivity contribution is -0.142. The average Bonchev–Trinajstić information content (AvgIpc) is 2.64. The van der Waals surface area contributed by atoms with E-state index < -0.39 is 0 Å². The van der Waals surface area contributed by atoms with E-state index in [0.717, 1.165) is 6.42 Å². The second-order valence-corrected chi connectivity index (χ2v) is 2.26. The third-order valence-electron chi connectivity index (χ3n) is 1.65. The minimum absolute atomic E-state index is 0.0973. The third-order valence-corrected chi connectivity index (χ3v) is 1.65. The van der Waals surface area contributed by atoms with Crippen molar-refractivity contribution in [2.45, 2.75) is 6.42 Å². The van der Waals surface area contributed by atoms with E-state index >= 15 is 0 Å². The highest BCUT2D eigenvalue weighted by atomic mass is 16.5. The van der Waals surface area contributed by atoms with Crippen LogP contribution < -0.4 is 0 Å². The quantitative estimate of drug-likeness (QED) is 0.407. The van der Waals surface area contributed by atoms with E-state index in [1.165, 1.54) is 7.11 Å². The summed E-state index contributed by atoms with van der Waals surface area (Å²) in [5, 5.41) is 0. The molecule has 1 aliphatic carbocycles. The minimum Gasteiger partial charge on any atom is -0.469 e. The molecule has 2 atom stereocenters. The molecule has 0 aromatic rings. The number of carbonyl (C=O) groups is 1. The average molecular weight is 126 g/mol. The SMILES string of the molecule is C=C[C@H]1C[C@H]1C(=O)OC. The summed E-state index contributed by atoms with van der Waals surface area (Å²) in [6.07, 6.45) is 2.73. The molecule has 0 bridgehead atoms. The predicted octanol–water partition coefficient (Wildman–Crippen LogP) is 0.982. The maximum Gasteiger partial charge on any atom is 0.309 e. The van der Waals surface area contributed by atoms with Crippen molar-refractivity contribution in [1.82, 2.24) is 0 Å². The molecule has 1 fully saturated rings. The van der Waals surface area contributed by atoms with Gasteiger partial charge < -0.3 is 4.74 Å². The first-order chi connectivity index (χ1) is 4.29. The van der Waals surface area contributed by atoms with Crippen LogP contribution >= 0.6 is 0 Å². The zero-order chi connectivity index (χ0) is 6.85. The van der Waals surface area contributed by atoms with Crippen molar-refractivity contribution in [2.75, 3.05) is 7.11 Å². The number of hydrogen-bond acceptors (Lipinski definition) is 2. The molecule has 0 aliphatic heterocycles. The highest BCUT2D eigenvalue weighted by Gasteiger charge is 2.41. The van der Waals surface area contributed by atoms with Crippen molar-refractivity contribution < 1.29 is 9.53 Å². The first kappa shape index (κ1) is 6.33. The normalized spacial score (nSPS) is 31.2. The van der Waals surface area contributed by atoms with Gasteiger partial charge in [-0.2, -0.15) is 0 Å². The fourth-order valence-corrected chi connectivity index (χ4v) is 0.898. The summed E-state index contributed by atoms with van der Waals surface area (Å²) in [6.45, 7) is 3.58. The summed E-state index contributed by atoms with van der Waals surface area (Å²) in [6, 6.07) is 0. The van der Waals surface area contributed by atoms with Crippen molar-refractivity contribution in [3.05, 3.63) is 12.7 Å². The zero-order valence-corrected chi connectivity index (χ0v) is 5.46. The Morgan fingerprint density at radius 3 is 2.89 bits per heavy atom. The topological polar surface area (TPSA) is 26.3 Å². The Bertz CT molecular complexity index is 140. The molecule has 1 aliphatic rings. The molecule has 0 amide bonds. The lowest BCUT2D eigenvalue weighted by Crippen LogP contribution is -2.03. The van der Waals surface area contributed by atoms with Crippen LogP contribution in [0.15, 0.2) is 12.7 Å². The molecule has 0 heterocycles. The van der Waals surface area contributed by atoms with Crippen LogP contribution in [0, 0.1) is 11.8 Å². The molecule has 0 N–H and O–H groups in total. The van der Waals surface area contributed by atoms with Crippen LogP contribution in [0.3, 0.4) is 0 Å². The van der Waals surface area contributed by atoms with Gasteiger partial charge in [-0.05, 0) is 12.3 Å². The van der Waals surface area contributed by atoms with Gasteiger partial charge in [0.25, 0.3) is 0 Å². The van der Waals surface area contributed by atoms with Crippen molar-refractivity contribution in [3.8, 4) is 0 Å². The smallest absolute Gasteiger partial charge is 0.309 e. The Balaban J connectivity index is 2.33. The van der Waals surface area contributed by atoms with Gasteiger partial charge in [-0.3, -0.25) is 4.79 Å². The molecule has 2 nitrogen and oxygen atoms in total. The summed E-state index contributed by atoms with van der Waals surface area (Å²) in [4.78, 5) is 10.7. The number of hydrogen-bond donors (Lipinski definition) is 0. The lowest BCUT2D eigenvalue weighted by atomic mass is 10.3. The Morgan fingerprint density at radius 1 is 1.89 bits per heavy atom. The maximum absolute atomic E-state index is 10.7. The predicted molar refractivity (Wildman–Crippen MR) is 33.8 cm³/mol. The van der Waals surface area contributed by atoms with Gasteiger partial charge in [-0.1, -0.05) is 6.08 Å². The van der Waals surface area contributed by atoms with Crippen LogP contribution in [0.1, 0.15) is 6.42 Å². The second-order valence-electron chi connectivity index (χ2n) is 2.26. The minimum atomic E-state index is -0.0973. The van der Waals surface area contributed by atoms with Crippen LogP contribution in [-0.2, 0) is 9.53 Å². The molecule has 1 saturated carbocycles. The molecule has 2 heteroatoms. The van der Waals surface area contributed by atoms with Gasteiger partial charge >= 0.3 is 5.97 Å². The molecule has 9 heavy (non-hydrogen) atoms. The van der Waals surface area contributed by atoms with Gasteiger partial charge in [0.15, 0.2) is 0 Å². The standard InChI is InChI=1S/C7H10O2/c1-3-5-4-6(5)7(8)9-2/h3,5-6H,1,4H2,2H3/t5-,6+/m0/s1. The van der Waals surface area contributed by atoms with Crippen molar-refractivity contribution >= 4 is 5.97 Å². The molecule has 0 aromatic heterocycles. The molecule has 0 unspecified atom stereocenters. The summed E-state index contributed by atoms with van der Waals surface area (Å²) in [7, 11) is 1.42. The fraction of sp³-hybridized carbons (Fsp3) is 0.571. The van der Waals surface area contributed by atoms with Crippen LogP contribution in [-0.4, -0.2) is 13.1 Å². The second kappa shape index (κ2) is 2.21. The Morgan fingerprint density at radius 2 is 2.56 bits per heavy atom. The first-order valence-electron chi connectivity index (χ1n) is 3.00. The van der Waals surface area contributed by atoms with Gasteiger partial charge in [0, 0.05) is 0 Å². The van der Waals surface area contributed by atoms with Crippen LogP contribution in [0.5, 0.6) is 0 Å². The van der Waals surface area contributed by atoms with Crippen molar-refractivity contribution in [1.29, 1.82) is 0 Å². The fourth-order valence-electron chi connectivity index (χ4n) is 0.898. The van der Waals surface area contributed by atoms with Gasteiger partial charge in [0.2, 0.25) is 0 Å². The monoisotopic (exact) mass is 126 g/mol. The number of esters is 1. The third kappa shape index (κ3) is 1.12. The van der Waals surface area contributed by atoms with Gasteiger partial charge in [-0.15, -0.1) is 6.58 Å². The summed E-state index contributed by atoms with van der Waals surface area (Å²) in [5.41, 5.74) is 0. The largest absolute Gasteiger partial charge is 0.469 e. The van der Waals surface area contributed by atoms with Crippen molar-refractivity contribution in [2.24, 2.45) is 11.8 Å². The van der Waals surface area contributed by atoms with Crippen LogP contribution in [0.2, 0.25) is 0 Å². The molecular weight excluding hydrogens is 116 g/mol. The Labute approximate surface area is 54.5 Å². The number of rotatable bonds is 2. The molecule has 1 rings (SSSR count). The molecule has 0 aromatic carbocycles. The Hall–Kier alpha value is -0.790. The van der Waals surface area contributed by atoms with Crippen molar-refractivity contribution in [3.63, 3.8) is 0 Å². The highest BCUT2D eigenvalue weighted by Crippen LogP contribution is 2.39. The number of carbonyl (C=O) groups excluding carboxylic acids is 1. The van der Waals surface area contributed by atoms with E-state index in [-0.39, 0.29) is 11.9 Å². The van der Waals surface area contributed by atoms with E-state index in [1.54, 1.807) is 0 Å². The molecule has 0 spiro atoms. The highest BCUT2D eigenvalue weighted by molar-refractivity contribution is 5.75. The molecule has 0 radical (unpaired) electrons. The van der Waals surface area contributed by atoms with Gasteiger partial charge in [0.05, 0.1) is 13.0 Å². The van der Waals surface area contributed by atoms with E-state index in [2.05, 4.69) is 11.3 Å². The van der Waals surface area contributed by atoms with E-state index in [4.69, 9.17) is 0 Å². The van der Waals surface area contributed by atoms with E-state index in [9.17, 15) is 4.79 Å². The van der Waals surface area contributed by atoms with Gasteiger partial charge in [-0.25, -0.2) is 0 Å².